The molecule has 0 aromatic carbocycles. The molecule has 1 aromatic heterocycles. The first kappa shape index (κ1) is 10.8. The van der Waals surface area contributed by atoms with Gasteiger partial charge in [-0.25, -0.2) is 0 Å². The standard InChI is InChI=1S/C15H21N3/c1-4-14-7-11(1)10-18(14)15-9-16-6-5-12(15)8-17-13-2-3-13/h5-6,9,11,13-14,17H,1-4,7-8,10H2. The van der Waals surface area contributed by atoms with Crippen LogP contribution in [0.4, 0.5) is 5.69 Å². The number of aromatic nitrogens is 1. The Balaban J connectivity index is 1.55. The van der Waals surface area contributed by atoms with E-state index in [9.17, 15) is 0 Å². The molecule has 3 aliphatic rings. The summed E-state index contributed by atoms with van der Waals surface area (Å²) in [5.41, 5.74) is 2.82. The lowest BCUT2D eigenvalue weighted by Crippen LogP contribution is -2.33. The van der Waals surface area contributed by atoms with E-state index in [2.05, 4.69) is 27.5 Å². The monoisotopic (exact) mass is 243 g/mol. The largest absolute Gasteiger partial charge is 0.367 e. The van der Waals surface area contributed by atoms with Gasteiger partial charge < -0.3 is 10.2 Å². The molecule has 3 nitrogen and oxygen atoms in total. The number of piperidine rings is 1. The molecule has 3 heteroatoms. The van der Waals surface area contributed by atoms with Crippen molar-refractivity contribution < 1.29 is 0 Å². The number of anilines is 1. The second-order valence-corrected chi connectivity index (χ2v) is 6.14. The van der Waals surface area contributed by atoms with E-state index in [-0.39, 0.29) is 0 Å². The second-order valence-electron chi connectivity index (χ2n) is 6.14. The van der Waals surface area contributed by atoms with Crippen LogP contribution in [0.5, 0.6) is 0 Å². The number of nitrogens with one attached hydrogen (secondary N) is 1. The van der Waals surface area contributed by atoms with Crippen molar-refractivity contribution in [3.05, 3.63) is 24.0 Å². The molecule has 2 bridgehead atoms. The van der Waals surface area contributed by atoms with Crippen LogP contribution in [-0.2, 0) is 6.54 Å². The van der Waals surface area contributed by atoms with E-state index in [4.69, 9.17) is 0 Å². The molecule has 0 spiro atoms. The van der Waals surface area contributed by atoms with E-state index >= 15 is 0 Å². The predicted molar refractivity (Wildman–Crippen MR) is 72.6 cm³/mol. The van der Waals surface area contributed by atoms with Crippen molar-refractivity contribution in [1.82, 2.24) is 10.3 Å². The smallest absolute Gasteiger partial charge is 0.0600 e. The van der Waals surface area contributed by atoms with Crippen molar-refractivity contribution in [2.45, 2.75) is 50.7 Å². The summed E-state index contributed by atoms with van der Waals surface area (Å²) in [6.45, 7) is 2.27. The summed E-state index contributed by atoms with van der Waals surface area (Å²) >= 11 is 0. The molecule has 0 radical (unpaired) electrons. The van der Waals surface area contributed by atoms with Gasteiger partial charge in [-0.2, -0.15) is 0 Å². The minimum Gasteiger partial charge on any atom is -0.367 e. The Kier molecular flexibility index (Phi) is 2.54. The van der Waals surface area contributed by atoms with E-state index in [1.54, 1.807) is 0 Å². The average Bonchev–Trinajstić information content (AvgIpc) is 3.00. The first-order valence-electron chi connectivity index (χ1n) is 7.33. The molecule has 96 valence electrons. The second kappa shape index (κ2) is 4.23. The van der Waals surface area contributed by atoms with Gasteiger partial charge in [0.15, 0.2) is 0 Å². The fourth-order valence-electron chi connectivity index (χ4n) is 3.58. The van der Waals surface area contributed by atoms with Crippen molar-refractivity contribution in [2.75, 3.05) is 11.4 Å². The van der Waals surface area contributed by atoms with Gasteiger partial charge in [-0.05, 0) is 49.7 Å². The summed E-state index contributed by atoms with van der Waals surface area (Å²) in [5.74, 6) is 0.944. The number of rotatable bonds is 4. The van der Waals surface area contributed by atoms with Crippen molar-refractivity contribution in [2.24, 2.45) is 5.92 Å². The lowest BCUT2D eigenvalue weighted by Gasteiger charge is -2.30. The quantitative estimate of drug-likeness (QED) is 0.879. The Hall–Kier alpha value is -1.09. The minimum absolute atomic E-state index is 0.779. The molecule has 18 heavy (non-hydrogen) atoms. The van der Waals surface area contributed by atoms with Gasteiger partial charge in [0.25, 0.3) is 0 Å². The molecular weight excluding hydrogens is 222 g/mol. The molecule has 2 saturated carbocycles. The Labute approximate surface area is 109 Å². The van der Waals surface area contributed by atoms with Crippen molar-refractivity contribution in [3.8, 4) is 0 Å². The lowest BCUT2D eigenvalue weighted by atomic mass is 10.1. The summed E-state index contributed by atoms with van der Waals surface area (Å²) in [5, 5.41) is 3.63. The van der Waals surface area contributed by atoms with Gasteiger partial charge in [-0.1, -0.05) is 0 Å². The SMILES string of the molecule is c1cc(CNC2CC2)c(N2CC3CCC2C3)cn1. The maximum atomic E-state index is 4.35. The van der Waals surface area contributed by atoms with Crippen molar-refractivity contribution in [3.63, 3.8) is 0 Å². The topological polar surface area (TPSA) is 28.2 Å². The van der Waals surface area contributed by atoms with Crippen LogP contribution >= 0.6 is 0 Å². The Bertz CT molecular complexity index is 441. The van der Waals surface area contributed by atoms with Gasteiger partial charge in [-0.3, -0.25) is 4.98 Å². The third kappa shape index (κ3) is 1.91. The molecule has 0 amide bonds. The van der Waals surface area contributed by atoms with Crippen molar-refractivity contribution >= 4 is 5.69 Å². The van der Waals surface area contributed by atoms with E-state index in [1.165, 1.54) is 49.9 Å². The van der Waals surface area contributed by atoms with Crippen molar-refractivity contribution in [1.29, 1.82) is 0 Å². The maximum absolute atomic E-state index is 4.35. The molecule has 3 fully saturated rings. The highest BCUT2D eigenvalue weighted by atomic mass is 15.2. The van der Waals surface area contributed by atoms with Gasteiger partial charge in [0.2, 0.25) is 0 Å². The summed E-state index contributed by atoms with van der Waals surface area (Å²) in [6.07, 6.45) is 11.0. The molecule has 2 aliphatic carbocycles. The third-order valence-electron chi connectivity index (χ3n) is 4.76. The fraction of sp³-hybridized carbons (Fsp3) is 0.667. The summed E-state index contributed by atoms with van der Waals surface area (Å²) in [6, 6.07) is 3.76. The number of hydrogen-bond acceptors (Lipinski definition) is 3. The van der Waals surface area contributed by atoms with Gasteiger partial charge >= 0.3 is 0 Å². The van der Waals surface area contributed by atoms with Gasteiger partial charge in [0.1, 0.15) is 0 Å². The number of fused-ring (bicyclic) bond motifs is 2. The van der Waals surface area contributed by atoms with E-state index < -0.39 is 0 Å². The molecule has 2 unspecified atom stereocenters. The highest BCUT2D eigenvalue weighted by Crippen LogP contribution is 2.41. The highest BCUT2D eigenvalue weighted by molar-refractivity contribution is 5.54. The first-order chi connectivity index (χ1) is 8.90. The lowest BCUT2D eigenvalue weighted by molar-refractivity contribution is 0.551. The zero-order valence-corrected chi connectivity index (χ0v) is 10.8. The normalized spacial score (nSPS) is 30.1. The van der Waals surface area contributed by atoms with E-state index in [0.29, 0.717) is 0 Å². The molecule has 2 atom stereocenters. The van der Waals surface area contributed by atoms with Crippen LogP contribution < -0.4 is 10.2 Å². The maximum Gasteiger partial charge on any atom is 0.0600 e. The zero-order valence-electron chi connectivity index (χ0n) is 10.8. The van der Waals surface area contributed by atoms with Gasteiger partial charge in [0, 0.05) is 31.4 Å². The fourth-order valence-corrected chi connectivity index (χ4v) is 3.58. The predicted octanol–water partition coefficient (Wildman–Crippen LogP) is 2.32. The Morgan fingerprint density at radius 3 is 2.94 bits per heavy atom. The minimum atomic E-state index is 0.779. The number of nitrogens with zero attached hydrogens (tertiary/aromatic N) is 2. The van der Waals surface area contributed by atoms with Crippen LogP contribution in [0.1, 0.15) is 37.7 Å². The molecule has 1 aliphatic heterocycles. The highest BCUT2D eigenvalue weighted by Gasteiger charge is 2.38. The van der Waals surface area contributed by atoms with Crippen LogP contribution in [0, 0.1) is 5.92 Å². The third-order valence-corrected chi connectivity index (χ3v) is 4.76. The van der Waals surface area contributed by atoms with E-state index in [1.807, 2.05) is 6.20 Å². The molecule has 2 heterocycles. The van der Waals surface area contributed by atoms with Crippen LogP contribution in [0.2, 0.25) is 0 Å². The molecule has 1 N–H and O–H groups in total. The van der Waals surface area contributed by atoms with Gasteiger partial charge in [-0.15, -0.1) is 0 Å². The van der Waals surface area contributed by atoms with Crippen LogP contribution in [0.15, 0.2) is 18.5 Å². The average molecular weight is 243 g/mol. The summed E-state index contributed by atoms with van der Waals surface area (Å²) in [4.78, 5) is 6.96. The molecule has 1 aromatic rings. The summed E-state index contributed by atoms with van der Waals surface area (Å²) < 4.78 is 0. The number of pyridine rings is 1. The van der Waals surface area contributed by atoms with Crippen LogP contribution in [0.3, 0.4) is 0 Å². The Morgan fingerprint density at radius 1 is 1.28 bits per heavy atom. The molecule has 4 rings (SSSR count). The van der Waals surface area contributed by atoms with E-state index in [0.717, 1.165) is 24.5 Å². The van der Waals surface area contributed by atoms with Gasteiger partial charge in [0.05, 0.1) is 11.9 Å². The molecular formula is C15H21N3. The zero-order chi connectivity index (χ0) is 11.9. The first-order valence-corrected chi connectivity index (χ1v) is 7.33. The number of hydrogen-bond donors (Lipinski definition) is 1. The summed E-state index contributed by atoms with van der Waals surface area (Å²) in [7, 11) is 0. The molecule has 1 saturated heterocycles. The van der Waals surface area contributed by atoms with Crippen LogP contribution in [0.25, 0.3) is 0 Å². The Morgan fingerprint density at radius 2 is 2.22 bits per heavy atom. The van der Waals surface area contributed by atoms with Crippen LogP contribution in [-0.4, -0.2) is 23.6 Å².